The minimum atomic E-state index is -0.774. The fraction of sp³-hybridized carbons (Fsp3) is 0.188. The van der Waals surface area contributed by atoms with Crippen molar-refractivity contribution in [2.24, 2.45) is 5.92 Å². The lowest BCUT2D eigenvalue weighted by Gasteiger charge is -2.14. The molecule has 0 aromatic heterocycles. The Balaban J connectivity index is 2.28. The SMILES string of the molecule is C[C@@H](Cc1cc(I)c(Oc2cc(I)cc(I)c2)c(I)c1)C(=O)O. The second kappa shape index (κ2) is 8.83. The summed E-state index contributed by atoms with van der Waals surface area (Å²) in [5.41, 5.74) is 1.01. The number of hydrogen-bond donors (Lipinski definition) is 1. The molecule has 0 saturated heterocycles. The molecular formula is C16H12I4O3. The number of carboxylic acids is 1. The van der Waals surface area contributed by atoms with Gasteiger partial charge in [0.25, 0.3) is 0 Å². The lowest BCUT2D eigenvalue weighted by molar-refractivity contribution is -0.141. The number of ether oxygens (including phenoxy) is 1. The van der Waals surface area contributed by atoms with E-state index < -0.39 is 11.9 Å². The molecular weight excluding hydrogens is 748 g/mol. The van der Waals surface area contributed by atoms with E-state index in [1.807, 2.05) is 24.3 Å². The van der Waals surface area contributed by atoms with E-state index >= 15 is 0 Å². The molecule has 1 atom stereocenters. The van der Waals surface area contributed by atoms with E-state index in [0.717, 1.165) is 31.3 Å². The highest BCUT2D eigenvalue weighted by Crippen LogP contribution is 2.34. The molecule has 0 aliphatic carbocycles. The Morgan fingerprint density at radius 1 is 1.04 bits per heavy atom. The predicted octanol–water partition coefficient (Wildman–Crippen LogP) is 6.16. The van der Waals surface area contributed by atoms with Crippen LogP contribution in [0.5, 0.6) is 11.5 Å². The maximum atomic E-state index is 11.0. The molecule has 0 spiro atoms. The highest BCUT2D eigenvalue weighted by atomic mass is 127. The van der Waals surface area contributed by atoms with Crippen LogP contribution in [0.25, 0.3) is 0 Å². The average Bonchev–Trinajstić information content (AvgIpc) is 2.41. The van der Waals surface area contributed by atoms with E-state index in [2.05, 4.69) is 96.4 Å². The predicted molar refractivity (Wildman–Crippen MR) is 124 cm³/mol. The number of carbonyl (C=O) groups is 1. The third-order valence-electron chi connectivity index (χ3n) is 3.08. The first-order valence-electron chi connectivity index (χ1n) is 6.61. The zero-order valence-corrected chi connectivity index (χ0v) is 20.6. The van der Waals surface area contributed by atoms with Crippen molar-refractivity contribution in [3.63, 3.8) is 0 Å². The van der Waals surface area contributed by atoms with Crippen LogP contribution in [0.2, 0.25) is 0 Å². The highest BCUT2D eigenvalue weighted by Gasteiger charge is 2.15. The molecule has 2 rings (SSSR count). The van der Waals surface area contributed by atoms with E-state index in [4.69, 9.17) is 9.84 Å². The summed E-state index contributed by atoms with van der Waals surface area (Å²) in [6, 6.07) is 10.1. The van der Waals surface area contributed by atoms with Gasteiger partial charge in [0.2, 0.25) is 0 Å². The molecule has 122 valence electrons. The number of benzene rings is 2. The number of aliphatic carboxylic acids is 1. The Labute approximate surface area is 189 Å². The monoisotopic (exact) mass is 760 g/mol. The Kier molecular flexibility index (Phi) is 7.66. The van der Waals surface area contributed by atoms with Crippen LogP contribution in [0.1, 0.15) is 12.5 Å². The minimum absolute atomic E-state index is 0.398. The standard InChI is InChI=1S/C16H12I4O3/c1-8(16(21)22)2-9-3-13(19)15(14(20)4-9)23-12-6-10(17)5-11(18)7-12/h3-8H,2H2,1H3,(H,21,22)/t8-/m0/s1. The molecule has 0 fully saturated rings. The summed E-state index contributed by atoms with van der Waals surface area (Å²) < 4.78 is 10.3. The Morgan fingerprint density at radius 3 is 2.04 bits per heavy atom. The summed E-state index contributed by atoms with van der Waals surface area (Å²) in [7, 11) is 0. The minimum Gasteiger partial charge on any atom is -0.481 e. The lowest BCUT2D eigenvalue weighted by atomic mass is 10.0. The summed E-state index contributed by atoms with van der Waals surface area (Å²) in [5.74, 6) is 0.453. The molecule has 1 N–H and O–H groups in total. The van der Waals surface area contributed by atoms with Crippen LogP contribution >= 0.6 is 90.4 Å². The van der Waals surface area contributed by atoms with Crippen LogP contribution in [0.3, 0.4) is 0 Å². The van der Waals surface area contributed by atoms with E-state index in [0.29, 0.717) is 6.42 Å². The number of hydrogen-bond acceptors (Lipinski definition) is 2. The van der Waals surface area contributed by atoms with Gasteiger partial charge in [-0.05, 0) is 133 Å². The first-order valence-corrected chi connectivity index (χ1v) is 10.9. The van der Waals surface area contributed by atoms with Crippen LogP contribution in [0.4, 0.5) is 0 Å². The average molecular weight is 760 g/mol. The summed E-state index contributed by atoms with van der Waals surface area (Å²) in [6.45, 7) is 1.72. The third-order valence-corrected chi connectivity index (χ3v) is 5.93. The van der Waals surface area contributed by atoms with Gasteiger partial charge in [0.05, 0.1) is 13.1 Å². The molecule has 2 aromatic carbocycles. The molecule has 0 bridgehead atoms. The number of carboxylic acid groups (broad SMARTS) is 1. The van der Waals surface area contributed by atoms with Crippen molar-refractivity contribution in [2.45, 2.75) is 13.3 Å². The van der Waals surface area contributed by atoms with Crippen molar-refractivity contribution in [1.82, 2.24) is 0 Å². The number of halogens is 4. The molecule has 0 radical (unpaired) electrons. The van der Waals surface area contributed by atoms with Crippen LogP contribution in [0.15, 0.2) is 30.3 Å². The summed E-state index contributed by atoms with van der Waals surface area (Å²) in [4.78, 5) is 11.0. The Hall–Kier alpha value is 0.630. The third kappa shape index (κ3) is 5.83. The largest absolute Gasteiger partial charge is 0.481 e. The van der Waals surface area contributed by atoms with Crippen LogP contribution in [-0.2, 0) is 11.2 Å². The molecule has 2 aromatic rings. The van der Waals surface area contributed by atoms with Crippen molar-refractivity contribution >= 4 is 96.3 Å². The maximum absolute atomic E-state index is 11.0. The smallest absolute Gasteiger partial charge is 0.306 e. The van der Waals surface area contributed by atoms with Crippen molar-refractivity contribution in [3.8, 4) is 11.5 Å². The molecule has 3 nitrogen and oxygen atoms in total. The molecule has 0 saturated carbocycles. The van der Waals surface area contributed by atoms with Crippen molar-refractivity contribution in [3.05, 3.63) is 50.2 Å². The van der Waals surface area contributed by atoms with Gasteiger partial charge in [-0.2, -0.15) is 0 Å². The number of rotatable bonds is 5. The summed E-state index contributed by atoms with van der Waals surface area (Å²) in [6.07, 6.45) is 0.517. The normalized spacial score (nSPS) is 12.0. The van der Waals surface area contributed by atoms with Gasteiger partial charge in [0, 0.05) is 7.14 Å². The molecule has 7 heteroatoms. The second-order valence-corrected chi connectivity index (χ2v) is 9.85. The van der Waals surface area contributed by atoms with E-state index in [-0.39, 0.29) is 0 Å². The van der Waals surface area contributed by atoms with Gasteiger partial charge >= 0.3 is 5.97 Å². The molecule has 0 amide bonds. The van der Waals surface area contributed by atoms with Crippen molar-refractivity contribution in [2.75, 3.05) is 0 Å². The van der Waals surface area contributed by atoms with Gasteiger partial charge in [-0.3, -0.25) is 4.79 Å². The van der Waals surface area contributed by atoms with Crippen molar-refractivity contribution in [1.29, 1.82) is 0 Å². The first-order chi connectivity index (χ1) is 10.8. The second-order valence-electron chi connectivity index (χ2n) is 5.04. The van der Waals surface area contributed by atoms with Crippen LogP contribution < -0.4 is 4.74 Å². The zero-order chi connectivity index (χ0) is 17.1. The van der Waals surface area contributed by atoms with E-state index in [9.17, 15) is 4.79 Å². The first kappa shape index (κ1) is 19.9. The fourth-order valence-electron chi connectivity index (χ4n) is 1.97. The highest BCUT2D eigenvalue weighted by molar-refractivity contribution is 14.1. The van der Waals surface area contributed by atoms with Crippen molar-refractivity contribution < 1.29 is 14.6 Å². The molecule has 0 heterocycles. The topological polar surface area (TPSA) is 46.5 Å². The molecule has 0 aliphatic rings. The van der Waals surface area contributed by atoms with Crippen LogP contribution in [-0.4, -0.2) is 11.1 Å². The van der Waals surface area contributed by atoms with E-state index in [1.165, 1.54) is 0 Å². The molecule has 0 unspecified atom stereocenters. The Bertz CT molecular complexity index is 703. The lowest BCUT2D eigenvalue weighted by Crippen LogP contribution is -2.12. The van der Waals surface area contributed by atoms with Gasteiger partial charge in [0.15, 0.2) is 5.75 Å². The van der Waals surface area contributed by atoms with Gasteiger partial charge in [0.1, 0.15) is 5.75 Å². The molecule has 23 heavy (non-hydrogen) atoms. The van der Waals surface area contributed by atoms with Gasteiger partial charge < -0.3 is 9.84 Å². The fourth-order valence-corrected chi connectivity index (χ4v) is 5.97. The van der Waals surface area contributed by atoms with Gasteiger partial charge in [-0.1, -0.05) is 6.92 Å². The van der Waals surface area contributed by atoms with Gasteiger partial charge in [-0.25, -0.2) is 0 Å². The van der Waals surface area contributed by atoms with E-state index in [1.54, 1.807) is 6.92 Å². The summed E-state index contributed by atoms with van der Waals surface area (Å²) >= 11 is 9.02. The summed E-state index contributed by atoms with van der Waals surface area (Å²) in [5, 5.41) is 9.05. The quantitative estimate of drug-likeness (QED) is 0.372. The maximum Gasteiger partial charge on any atom is 0.306 e. The van der Waals surface area contributed by atoms with Gasteiger partial charge in [-0.15, -0.1) is 0 Å². The Morgan fingerprint density at radius 2 is 1.57 bits per heavy atom. The van der Waals surface area contributed by atoms with Crippen LogP contribution in [0, 0.1) is 20.2 Å². The molecule has 0 aliphatic heterocycles. The zero-order valence-electron chi connectivity index (χ0n) is 11.9.